The van der Waals surface area contributed by atoms with E-state index in [9.17, 15) is 9.59 Å². The zero-order valence-electron chi connectivity index (χ0n) is 16.9. The largest absolute Gasteiger partial charge is 0.382 e. The van der Waals surface area contributed by atoms with Gasteiger partial charge in [-0.1, -0.05) is 11.6 Å². The third kappa shape index (κ3) is 7.29. The smallest absolute Gasteiger partial charge is 0.323 e. The molecule has 0 saturated carbocycles. The van der Waals surface area contributed by atoms with Crippen LogP contribution in [0, 0.1) is 0 Å². The predicted octanol–water partition coefficient (Wildman–Crippen LogP) is 4.21. The van der Waals surface area contributed by atoms with Gasteiger partial charge in [-0.25, -0.2) is 4.79 Å². The maximum Gasteiger partial charge on any atom is 0.323 e. The molecule has 0 aliphatic carbocycles. The highest BCUT2D eigenvalue weighted by Gasteiger charge is 2.14. The minimum Gasteiger partial charge on any atom is -0.382 e. The number of halogens is 1. The number of amides is 3. The third-order valence-corrected chi connectivity index (χ3v) is 4.29. The van der Waals surface area contributed by atoms with Crippen LogP contribution in [0.2, 0.25) is 5.02 Å². The number of urea groups is 1. The number of rotatable bonds is 9. The molecule has 3 amide bonds. The number of hydrogen-bond acceptors (Lipinski definition) is 4. The first kappa shape index (κ1) is 22.5. The Morgan fingerprint density at radius 2 is 1.69 bits per heavy atom. The SMILES string of the molecule is CCOCCCNC(=O)c1cc(NC(=O)Nc2ccc(Cl)cc2)ccc1N(C)C. The standard InChI is InChI=1S/C21H27ClN4O3/c1-4-29-13-5-12-23-20(27)18-14-17(10-11-19(18)26(2)3)25-21(28)24-16-8-6-15(22)7-9-16/h6-11,14H,4-5,12-13H2,1-3H3,(H,23,27)(H2,24,25,28). The van der Waals surface area contributed by atoms with E-state index in [2.05, 4.69) is 16.0 Å². The molecule has 0 saturated heterocycles. The Balaban J connectivity index is 2.05. The molecule has 0 fully saturated rings. The van der Waals surface area contributed by atoms with Crippen LogP contribution in [0.3, 0.4) is 0 Å². The van der Waals surface area contributed by atoms with Crippen LogP contribution in [-0.2, 0) is 4.74 Å². The lowest BCUT2D eigenvalue weighted by molar-refractivity contribution is 0.0944. The quantitative estimate of drug-likeness (QED) is 0.533. The van der Waals surface area contributed by atoms with Gasteiger partial charge in [-0.2, -0.15) is 0 Å². The van der Waals surface area contributed by atoms with E-state index in [0.717, 1.165) is 12.1 Å². The number of carbonyl (C=O) groups excluding carboxylic acids is 2. The van der Waals surface area contributed by atoms with Gasteiger partial charge in [0.05, 0.1) is 5.56 Å². The topological polar surface area (TPSA) is 82.7 Å². The predicted molar refractivity (Wildman–Crippen MR) is 118 cm³/mol. The van der Waals surface area contributed by atoms with Gasteiger partial charge >= 0.3 is 6.03 Å². The van der Waals surface area contributed by atoms with Gasteiger partial charge in [0.25, 0.3) is 5.91 Å². The second-order valence-corrected chi connectivity index (χ2v) is 6.96. The summed E-state index contributed by atoms with van der Waals surface area (Å²) < 4.78 is 5.28. The van der Waals surface area contributed by atoms with Crippen LogP contribution in [-0.4, -0.2) is 45.8 Å². The molecule has 7 nitrogen and oxygen atoms in total. The Bertz CT molecular complexity index is 825. The van der Waals surface area contributed by atoms with Gasteiger partial charge in [0.15, 0.2) is 0 Å². The first-order valence-corrected chi connectivity index (χ1v) is 9.79. The normalized spacial score (nSPS) is 10.3. The molecule has 29 heavy (non-hydrogen) atoms. The fraction of sp³-hybridized carbons (Fsp3) is 0.333. The highest BCUT2D eigenvalue weighted by molar-refractivity contribution is 6.30. The van der Waals surface area contributed by atoms with Gasteiger partial charge < -0.3 is 25.6 Å². The molecule has 2 aromatic carbocycles. The molecule has 0 aliphatic heterocycles. The van der Waals surface area contributed by atoms with E-state index < -0.39 is 6.03 Å². The molecule has 8 heteroatoms. The van der Waals surface area contributed by atoms with Gasteiger partial charge in [-0.05, 0) is 55.8 Å². The molecule has 156 valence electrons. The van der Waals surface area contributed by atoms with Crippen molar-refractivity contribution < 1.29 is 14.3 Å². The Morgan fingerprint density at radius 3 is 2.34 bits per heavy atom. The average molecular weight is 419 g/mol. The second kappa shape index (κ2) is 11.3. The summed E-state index contributed by atoms with van der Waals surface area (Å²) in [6.45, 7) is 3.71. The summed E-state index contributed by atoms with van der Waals surface area (Å²) in [5.41, 5.74) is 2.37. The molecule has 0 unspecified atom stereocenters. The van der Waals surface area contributed by atoms with Crippen LogP contribution in [0.4, 0.5) is 21.9 Å². The van der Waals surface area contributed by atoms with E-state index >= 15 is 0 Å². The molecule has 3 N–H and O–H groups in total. The van der Waals surface area contributed by atoms with Crippen molar-refractivity contribution in [3.63, 3.8) is 0 Å². The number of ether oxygens (including phenoxy) is 1. The Labute approximate surface area is 176 Å². The number of anilines is 3. The lowest BCUT2D eigenvalue weighted by atomic mass is 10.1. The maximum atomic E-state index is 12.6. The second-order valence-electron chi connectivity index (χ2n) is 6.52. The van der Waals surface area contributed by atoms with Crippen LogP contribution in [0.15, 0.2) is 42.5 Å². The van der Waals surface area contributed by atoms with E-state index in [1.165, 1.54) is 0 Å². The van der Waals surface area contributed by atoms with Gasteiger partial charge in [0, 0.05) is 55.9 Å². The van der Waals surface area contributed by atoms with Crippen LogP contribution in [0.25, 0.3) is 0 Å². The van der Waals surface area contributed by atoms with Gasteiger partial charge in [-0.15, -0.1) is 0 Å². The summed E-state index contributed by atoms with van der Waals surface area (Å²) in [7, 11) is 3.73. The van der Waals surface area contributed by atoms with Crippen LogP contribution in [0.1, 0.15) is 23.7 Å². The molecule has 0 aliphatic rings. The van der Waals surface area contributed by atoms with Gasteiger partial charge in [-0.3, -0.25) is 4.79 Å². The summed E-state index contributed by atoms with van der Waals surface area (Å²) in [5, 5.41) is 8.96. The number of carbonyl (C=O) groups is 2. The van der Waals surface area contributed by atoms with Crippen LogP contribution in [0.5, 0.6) is 0 Å². The zero-order chi connectivity index (χ0) is 21.2. The average Bonchev–Trinajstić information content (AvgIpc) is 2.69. The highest BCUT2D eigenvalue weighted by atomic mass is 35.5. The summed E-state index contributed by atoms with van der Waals surface area (Å²) in [6, 6.07) is 11.6. The molecular weight excluding hydrogens is 392 g/mol. The highest BCUT2D eigenvalue weighted by Crippen LogP contribution is 2.23. The van der Waals surface area contributed by atoms with E-state index in [4.69, 9.17) is 16.3 Å². The monoisotopic (exact) mass is 418 g/mol. The number of hydrogen-bond donors (Lipinski definition) is 3. The van der Waals surface area contributed by atoms with E-state index in [1.54, 1.807) is 42.5 Å². The van der Waals surface area contributed by atoms with Crippen molar-refractivity contribution in [1.82, 2.24) is 5.32 Å². The van der Waals surface area contributed by atoms with E-state index in [0.29, 0.717) is 41.7 Å². The van der Waals surface area contributed by atoms with Crippen LogP contribution < -0.4 is 20.9 Å². The Kier molecular flexibility index (Phi) is 8.76. The molecule has 0 radical (unpaired) electrons. The fourth-order valence-electron chi connectivity index (χ4n) is 2.63. The van der Waals surface area contributed by atoms with Crippen molar-refractivity contribution in [2.45, 2.75) is 13.3 Å². The zero-order valence-corrected chi connectivity index (χ0v) is 17.7. The number of benzene rings is 2. The van der Waals surface area contributed by atoms with Crippen molar-refractivity contribution in [2.75, 3.05) is 49.4 Å². The fourth-order valence-corrected chi connectivity index (χ4v) is 2.75. The van der Waals surface area contributed by atoms with Crippen molar-refractivity contribution in [3.8, 4) is 0 Å². The first-order chi connectivity index (χ1) is 13.9. The lowest BCUT2D eigenvalue weighted by Gasteiger charge is -2.18. The molecule has 0 bridgehead atoms. The molecule has 2 aromatic rings. The van der Waals surface area contributed by atoms with Crippen molar-refractivity contribution in [3.05, 3.63) is 53.1 Å². The van der Waals surface area contributed by atoms with Gasteiger partial charge in [0.1, 0.15) is 0 Å². The van der Waals surface area contributed by atoms with E-state index in [-0.39, 0.29) is 5.91 Å². The van der Waals surface area contributed by atoms with Crippen molar-refractivity contribution in [1.29, 1.82) is 0 Å². The Hall–Kier alpha value is -2.77. The van der Waals surface area contributed by atoms with Crippen molar-refractivity contribution >= 4 is 40.6 Å². The summed E-state index contributed by atoms with van der Waals surface area (Å²) in [4.78, 5) is 26.8. The minimum atomic E-state index is -0.409. The number of nitrogens with one attached hydrogen (secondary N) is 3. The molecule has 0 aromatic heterocycles. The molecule has 2 rings (SSSR count). The lowest BCUT2D eigenvalue weighted by Crippen LogP contribution is -2.27. The molecule has 0 atom stereocenters. The Morgan fingerprint density at radius 1 is 1.03 bits per heavy atom. The molecular formula is C21H27ClN4O3. The van der Waals surface area contributed by atoms with Crippen molar-refractivity contribution in [2.24, 2.45) is 0 Å². The third-order valence-electron chi connectivity index (χ3n) is 4.04. The maximum absolute atomic E-state index is 12.6. The minimum absolute atomic E-state index is 0.202. The molecule has 0 heterocycles. The van der Waals surface area contributed by atoms with E-state index in [1.807, 2.05) is 25.9 Å². The molecule has 0 spiro atoms. The van der Waals surface area contributed by atoms with Crippen LogP contribution >= 0.6 is 11.6 Å². The summed E-state index contributed by atoms with van der Waals surface area (Å²) in [5.74, 6) is -0.202. The van der Waals surface area contributed by atoms with Gasteiger partial charge in [0.2, 0.25) is 0 Å². The summed E-state index contributed by atoms with van der Waals surface area (Å²) >= 11 is 5.85. The number of nitrogens with zero attached hydrogens (tertiary/aromatic N) is 1. The summed E-state index contributed by atoms with van der Waals surface area (Å²) in [6.07, 6.45) is 0.734. The first-order valence-electron chi connectivity index (χ1n) is 9.41.